The van der Waals surface area contributed by atoms with Gasteiger partial charge in [0.15, 0.2) is 0 Å². The van der Waals surface area contributed by atoms with Crippen LogP contribution in [0.4, 0.5) is 4.39 Å². The molecule has 0 spiro atoms. The van der Waals surface area contributed by atoms with Gasteiger partial charge in [-0.25, -0.2) is 13.9 Å². The molecule has 0 unspecified atom stereocenters. The molecule has 0 bridgehead atoms. The zero-order valence-corrected chi connectivity index (χ0v) is 21.4. The van der Waals surface area contributed by atoms with Crippen LogP contribution in [0.1, 0.15) is 55.3 Å². The van der Waals surface area contributed by atoms with Gasteiger partial charge in [-0.1, -0.05) is 75.4 Å². The number of benzene rings is 3. The second kappa shape index (κ2) is 10.9. The van der Waals surface area contributed by atoms with Crippen LogP contribution in [0.25, 0.3) is 11.1 Å². The Morgan fingerprint density at radius 3 is 2.24 bits per heavy atom. The molecule has 3 aromatic carbocycles. The predicted molar refractivity (Wildman–Crippen MR) is 142 cm³/mol. The van der Waals surface area contributed by atoms with Gasteiger partial charge in [0.05, 0.1) is 13.0 Å². The minimum Gasteiger partial charge on any atom is -0.481 e. The van der Waals surface area contributed by atoms with E-state index in [4.69, 9.17) is 5.11 Å². The monoisotopic (exact) mass is 501 g/mol. The Morgan fingerprint density at radius 1 is 0.946 bits per heavy atom. The largest absolute Gasteiger partial charge is 0.481 e. The molecule has 0 amide bonds. The van der Waals surface area contributed by atoms with Crippen molar-refractivity contribution in [2.24, 2.45) is 0 Å². The van der Waals surface area contributed by atoms with Gasteiger partial charge in [-0.15, -0.1) is 0 Å². The van der Waals surface area contributed by atoms with Crippen molar-refractivity contribution in [3.05, 3.63) is 111 Å². The van der Waals surface area contributed by atoms with Crippen molar-refractivity contribution in [2.75, 3.05) is 0 Å². The smallest absolute Gasteiger partial charge is 0.343 e. The van der Waals surface area contributed by atoms with Crippen LogP contribution in [0.2, 0.25) is 0 Å². The summed E-state index contributed by atoms with van der Waals surface area (Å²) in [5.41, 5.74) is 4.88. The number of aromatic nitrogens is 3. The summed E-state index contributed by atoms with van der Waals surface area (Å²) < 4.78 is 15.8. The van der Waals surface area contributed by atoms with E-state index in [-0.39, 0.29) is 23.3 Å². The van der Waals surface area contributed by atoms with E-state index < -0.39 is 5.97 Å². The topological polar surface area (TPSA) is 88.0 Å². The molecule has 4 rings (SSSR count). The number of carboxylic acid groups (broad SMARTS) is 1. The third kappa shape index (κ3) is 6.82. The highest BCUT2D eigenvalue weighted by atomic mass is 19.1. The highest BCUT2D eigenvalue weighted by Gasteiger charge is 2.14. The summed E-state index contributed by atoms with van der Waals surface area (Å²) in [7, 11) is 0. The van der Waals surface area contributed by atoms with Crippen molar-refractivity contribution in [1.82, 2.24) is 14.8 Å². The standard InChI is InChI=1S/C30H32FN3O3/c1-30(2,3)24-14-9-21(10-15-24)19-34-29(37)32-27(33-34)6-4-5-20-7-12-23(13-8-20)25-17-22(18-28(35)36)11-16-26(25)31/h7-17H,4-6,18-19H2,1-3H3,(H,35,36)(H,32,33,37). The summed E-state index contributed by atoms with van der Waals surface area (Å²) in [6.07, 6.45) is 2.07. The lowest BCUT2D eigenvalue weighted by molar-refractivity contribution is -0.136. The van der Waals surface area contributed by atoms with Gasteiger partial charge in [0, 0.05) is 12.0 Å². The van der Waals surface area contributed by atoms with Crippen LogP contribution in [-0.2, 0) is 36.0 Å². The minimum atomic E-state index is -0.950. The lowest BCUT2D eigenvalue weighted by Crippen LogP contribution is -2.19. The molecule has 7 heteroatoms. The summed E-state index contributed by atoms with van der Waals surface area (Å²) in [6, 6.07) is 20.3. The molecule has 0 saturated carbocycles. The van der Waals surface area contributed by atoms with E-state index in [1.807, 2.05) is 36.4 Å². The summed E-state index contributed by atoms with van der Waals surface area (Å²) in [5.74, 6) is -0.675. The predicted octanol–water partition coefficient (Wildman–Crippen LogP) is 5.53. The number of carboxylic acids is 1. The zero-order chi connectivity index (χ0) is 26.6. The Bertz CT molecular complexity index is 1430. The first-order chi connectivity index (χ1) is 17.6. The highest BCUT2D eigenvalue weighted by molar-refractivity contribution is 5.72. The molecule has 37 heavy (non-hydrogen) atoms. The van der Waals surface area contributed by atoms with E-state index in [1.54, 1.807) is 6.07 Å². The Morgan fingerprint density at radius 2 is 1.59 bits per heavy atom. The molecular weight excluding hydrogens is 469 g/mol. The van der Waals surface area contributed by atoms with Gasteiger partial charge in [0.1, 0.15) is 11.6 Å². The molecular formula is C30H32FN3O3. The van der Waals surface area contributed by atoms with Crippen LogP contribution in [0.5, 0.6) is 0 Å². The molecule has 192 valence electrons. The maximum atomic E-state index is 14.3. The van der Waals surface area contributed by atoms with Crippen molar-refractivity contribution in [2.45, 2.75) is 58.4 Å². The van der Waals surface area contributed by atoms with Gasteiger partial charge < -0.3 is 5.11 Å². The first-order valence-corrected chi connectivity index (χ1v) is 12.4. The Balaban J connectivity index is 1.34. The van der Waals surface area contributed by atoms with Crippen LogP contribution < -0.4 is 5.69 Å². The average molecular weight is 502 g/mol. The minimum absolute atomic E-state index is 0.0818. The molecule has 0 aliphatic rings. The maximum Gasteiger partial charge on any atom is 0.343 e. The second-order valence-electron chi connectivity index (χ2n) is 10.4. The summed E-state index contributed by atoms with van der Waals surface area (Å²) in [5, 5.41) is 13.5. The zero-order valence-electron chi connectivity index (χ0n) is 21.4. The van der Waals surface area contributed by atoms with Gasteiger partial charge in [0.25, 0.3) is 0 Å². The highest BCUT2D eigenvalue weighted by Crippen LogP contribution is 2.25. The van der Waals surface area contributed by atoms with Gasteiger partial charge in [0.2, 0.25) is 0 Å². The van der Waals surface area contributed by atoms with Crippen LogP contribution in [0.15, 0.2) is 71.5 Å². The Kier molecular flexibility index (Phi) is 7.71. The third-order valence-electron chi connectivity index (χ3n) is 6.41. The molecule has 1 heterocycles. The van der Waals surface area contributed by atoms with E-state index in [0.29, 0.717) is 35.5 Å². The summed E-state index contributed by atoms with van der Waals surface area (Å²) >= 11 is 0. The number of hydrogen-bond donors (Lipinski definition) is 2. The number of nitrogens with zero attached hydrogens (tertiary/aromatic N) is 2. The first kappa shape index (κ1) is 26.1. The van der Waals surface area contributed by atoms with Crippen molar-refractivity contribution < 1.29 is 14.3 Å². The molecule has 0 aliphatic heterocycles. The number of hydrogen-bond acceptors (Lipinski definition) is 3. The number of nitrogens with one attached hydrogen (secondary N) is 1. The molecule has 0 fully saturated rings. The van der Waals surface area contributed by atoms with E-state index in [9.17, 15) is 14.0 Å². The molecule has 0 radical (unpaired) electrons. The molecule has 1 aromatic heterocycles. The number of aromatic amines is 1. The summed E-state index contributed by atoms with van der Waals surface area (Å²) in [4.78, 5) is 26.2. The third-order valence-corrected chi connectivity index (χ3v) is 6.41. The lowest BCUT2D eigenvalue weighted by atomic mass is 9.87. The van der Waals surface area contributed by atoms with Crippen molar-refractivity contribution in [3.8, 4) is 11.1 Å². The number of H-pyrrole nitrogens is 1. The molecule has 0 saturated heterocycles. The van der Waals surface area contributed by atoms with Crippen molar-refractivity contribution in [1.29, 1.82) is 0 Å². The fourth-order valence-corrected chi connectivity index (χ4v) is 4.30. The second-order valence-corrected chi connectivity index (χ2v) is 10.4. The normalized spacial score (nSPS) is 11.6. The molecule has 0 atom stereocenters. The van der Waals surface area contributed by atoms with Crippen LogP contribution in [0.3, 0.4) is 0 Å². The number of rotatable bonds is 9. The number of aryl methyl sites for hydroxylation is 2. The van der Waals surface area contributed by atoms with Crippen LogP contribution in [0, 0.1) is 5.82 Å². The van der Waals surface area contributed by atoms with E-state index >= 15 is 0 Å². The van der Waals surface area contributed by atoms with Crippen molar-refractivity contribution >= 4 is 5.97 Å². The first-order valence-electron chi connectivity index (χ1n) is 12.4. The Hall–Kier alpha value is -4.00. The average Bonchev–Trinajstić information content (AvgIpc) is 3.19. The number of aliphatic carboxylic acids is 1. The molecule has 0 aliphatic carbocycles. The van der Waals surface area contributed by atoms with Crippen LogP contribution >= 0.6 is 0 Å². The number of halogens is 1. The molecule has 4 aromatic rings. The van der Waals surface area contributed by atoms with Gasteiger partial charge in [-0.05, 0) is 58.2 Å². The Labute approximate surface area is 215 Å². The fraction of sp³-hybridized carbons (Fsp3) is 0.300. The van der Waals surface area contributed by atoms with Gasteiger partial charge >= 0.3 is 11.7 Å². The molecule has 2 N–H and O–H groups in total. The fourth-order valence-electron chi connectivity index (χ4n) is 4.30. The quantitative estimate of drug-likeness (QED) is 0.316. The van der Waals surface area contributed by atoms with Crippen LogP contribution in [-0.4, -0.2) is 25.8 Å². The summed E-state index contributed by atoms with van der Waals surface area (Å²) in [6.45, 7) is 6.93. The molecule has 6 nitrogen and oxygen atoms in total. The van der Waals surface area contributed by atoms with Gasteiger partial charge in [-0.2, -0.15) is 5.10 Å². The van der Waals surface area contributed by atoms with E-state index in [1.165, 1.54) is 22.4 Å². The maximum absolute atomic E-state index is 14.3. The van der Waals surface area contributed by atoms with E-state index in [2.05, 4.69) is 43.0 Å². The lowest BCUT2D eigenvalue weighted by Gasteiger charge is -2.19. The van der Waals surface area contributed by atoms with E-state index in [0.717, 1.165) is 24.0 Å². The SMILES string of the molecule is CC(C)(C)c1ccc(Cn2nc(CCCc3ccc(-c4cc(CC(=O)O)ccc4F)cc3)[nH]c2=O)cc1. The number of carbonyl (C=O) groups is 1. The van der Waals surface area contributed by atoms with Crippen molar-refractivity contribution in [3.63, 3.8) is 0 Å². The van der Waals surface area contributed by atoms with Gasteiger partial charge in [-0.3, -0.25) is 9.78 Å².